The number of nitrogens with one attached hydrogen (secondary N) is 2. The number of carbonyl (C=O) groups is 2. The van der Waals surface area contributed by atoms with Crippen LogP contribution in [0.5, 0.6) is 0 Å². The molecular weight excluding hydrogens is 466 g/mol. The summed E-state index contributed by atoms with van der Waals surface area (Å²) in [5.41, 5.74) is 1.24. The highest BCUT2D eigenvalue weighted by atomic mass is 16.5. The summed E-state index contributed by atoms with van der Waals surface area (Å²) in [6.07, 6.45) is 6.88. The molecule has 1 saturated carbocycles. The summed E-state index contributed by atoms with van der Waals surface area (Å²) in [6, 6.07) is 11.2. The highest BCUT2D eigenvalue weighted by Gasteiger charge is 2.30. The lowest BCUT2D eigenvalue weighted by Crippen LogP contribution is -2.55. The van der Waals surface area contributed by atoms with Crippen LogP contribution in [0, 0.1) is 17.2 Å². The third-order valence-corrected chi connectivity index (χ3v) is 7.70. The second kappa shape index (κ2) is 14.3. The van der Waals surface area contributed by atoms with E-state index in [4.69, 9.17) is 4.74 Å². The molecule has 37 heavy (non-hydrogen) atoms. The fraction of sp³-hybridized carbons (Fsp3) is 0.690. The molecule has 0 aromatic heterocycles. The molecule has 2 N–H and O–H groups in total. The molecule has 1 heterocycles. The van der Waals surface area contributed by atoms with E-state index in [1.165, 1.54) is 24.8 Å². The van der Waals surface area contributed by atoms with Crippen molar-refractivity contribution in [3.05, 3.63) is 35.9 Å². The molecule has 0 unspecified atom stereocenters. The van der Waals surface area contributed by atoms with Gasteiger partial charge in [-0.3, -0.25) is 4.79 Å². The number of hydrogen-bond donors (Lipinski definition) is 2. The SMILES string of the molecule is CN(CC[C@H](C#N)NC(=O)[C@H](CC1CCCCC1)NC(=O)N1CCOCC1)CC(C)(C)c1ccccc1. The summed E-state index contributed by atoms with van der Waals surface area (Å²) in [7, 11) is 2.05. The molecule has 2 fully saturated rings. The van der Waals surface area contributed by atoms with Gasteiger partial charge < -0.3 is 25.2 Å². The lowest BCUT2D eigenvalue weighted by atomic mass is 9.84. The summed E-state index contributed by atoms with van der Waals surface area (Å²) >= 11 is 0. The Balaban J connectivity index is 1.55. The Morgan fingerprint density at radius 2 is 1.81 bits per heavy atom. The van der Waals surface area contributed by atoms with Crippen LogP contribution in [0.1, 0.15) is 64.4 Å². The van der Waals surface area contributed by atoms with Gasteiger partial charge in [-0.25, -0.2) is 4.79 Å². The molecule has 2 aliphatic rings. The van der Waals surface area contributed by atoms with Crippen molar-refractivity contribution in [3.63, 3.8) is 0 Å². The van der Waals surface area contributed by atoms with Gasteiger partial charge in [-0.15, -0.1) is 0 Å². The maximum absolute atomic E-state index is 13.3. The van der Waals surface area contributed by atoms with Gasteiger partial charge in [0.1, 0.15) is 12.1 Å². The molecule has 1 saturated heterocycles. The predicted octanol–water partition coefficient (Wildman–Crippen LogP) is 3.68. The summed E-state index contributed by atoms with van der Waals surface area (Å²) in [6.45, 7) is 8.03. The largest absolute Gasteiger partial charge is 0.378 e. The molecule has 2 atom stereocenters. The topological polar surface area (TPSA) is 97.7 Å². The normalized spacial score (nSPS) is 18.6. The van der Waals surface area contributed by atoms with Crippen LogP contribution < -0.4 is 10.6 Å². The standard InChI is InChI=1S/C29H45N5O3/c1-29(2,24-12-8-5-9-13-24)22-33(3)15-14-25(21-30)31-27(35)26(20-23-10-6-4-7-11-23)32-28(36)34-16-18-37-19-17-34/h5,8-9,12-13,23,25-26H,4,6-7,10-11,14-20,22H2,1-3H3,(H,31,35)(H,32,36)/t25-,26+/m1/s1. The third-order valence-electron chi connectivity index (χ3n) is 7.70. The van der Waals surface area contributed by atoms with Crippen LogP contribution in [-0.4, -0.2) is 80.3 Å². The molecule has 1 aromatic rings. The zero-order chi connectivity index (χ0) is 26.7. The number of benzene rings is 1. The molecular formula is C29H45N5O3. The summed E-state index contributed by atoms with van der Waals surface area (Å²) in [5, 5.41) is 15.7. The number of urea groups is 1. The fourth-order valence-corrected chi connectivity index (χ4v) is 5.52. The quantitative estimate of drug-likeness (QED) is 0.472. The second-order valence-electron chi connectivity index (χ2n) is 11.3. The van der Waals surface area contributed by atoms with Crippen LogP contribution in [0.15, 0.2) is 30.3 Å². The Bertz CT molecular complexity index is 889. The van der Waals surface area contributed by atoms with Gasteiger partial charge >= 0.3 is 6.03 Å². The first-order valence-electron chi connectivity index (χ1n) is 13.9. The van der Waals surface area contributed by atoms with Crippen LogP contribution in [0.2, 0.25) is 0 Å². The van der Waals surface area contributed by atoms with Crippen molar-refractivity contribution in [2.45, 2.75) is 76.3 Å². The van der Waals surface area contributed by atoms with Crippen molar-refractivity contribution >= 4 is 11.9 Å². The Morgan fingerprint density at radius 3 is 2.46 bits per heavy atom. The van der Waals surface area contributed by atoms with Gasteiger partial charge in [0.2, 0.25) is 5.91 Å². The highest BCUT2D eigenvalue weighted by molar-refractivity contribution is 5.87. The zero-order valence-electron chi connectivity index (χ0n) is 22.9. The summed E-state index contributed by atoms with van der Waals surface area (Å²) in [4.78, 5) is 30.1. The number of amides is 3. The minimum atomic E-state index is -0.635. The van der Waals surface area contributed by atoms with E-state index in [0.29, 0.717) is 51.6 Å². The third kappa shape index (κ3) is 9.32. The fourth-order valence-electron chi connectivity index (χ4n) is 5.52. The van der Waals surface area contributed by atoms with Crippen molar-refractivity contribution < 1.29 is 14.3 Å². The van der Waals surface area contributed by atoms with Crippen LogP contribution in [0.3, 0.4) is 0 Å². The smallest absolute Gasteiger partial charge is 0.318 e. The Kier molecular flexibility index (Phi) is 11.2. The van der Waals surface area contributed by atoms with E-state index in [1.54, 1.807) is 4.90 Å². The van der Waals surface area contributed by atoms with E-state index in [2.05, 4.69) is 66.8 Å². The van der Waals surface area contributed by atoms with Crippen LogP contribution in [0.25, 0.3) is 0 Å². The van der Waals surface area contributed by atoms with Gasteiger partial charge in [-0.1, -0.05) is 76.3 Å². The number of rotatable bonds is 11. The van der Waals surface area contributed by atoms with Crippen molar-refractivity contribution in [3.8, 4) is 6.07 Å². The van der Waals surface area contributed by atoms with E-state index in [-0.39, 0.29) is 17.4 Å². The van der Waals surface area contributed by atoms with E-state index in [9.17, 15) is 14.9 Å². The average molecular weight is 512 g/mol. The number of likely N-dealkylation sites (N-methyl/N-ethyl adjacent to an activating group) is 1. The monoisotopic (exact) mass is 511 g/mol. The van der Waals surface area contributed by atoms with E-state index in [0.717, 1.165) is 19.4 Å². The first-order chi connectivity index (χ1) is 17.8. The molecule has 8 heteroatoms. The van der Waals surface area contributed by atoms with E-state index in [1.807, 2.05) is 6.07 Å². The Labute approximate surface area is 222 Å². The van der Waals surface area contributed by atoms with E-state index < -0.39 is 12.1 Å². The Hall–Kier alpha value is -2.63. The van der Waals surface area contributed by atoms with Crippen molar-refractivity contribution in [2.24, 2.45) is 5.92 Å². The first kappa shape index (κ1) is 28.9. The summed E-state index contributed by atoms with van der Waals surface area (Å²) in [5.74, 6) is 0.160. The second-order valence-corrected chi connectivity index (χ2v) is 11.3. The first-order valence-corrected chi connectivity index (χ1v) is 13.9. The number of ether oxygens (including phenoxy) is 1. The summed E-state index contributed by atoms with van der Waals surface area (Å²) < 4.78 is 5.35. The average Bonchev–Trinajstić information content (AvgIpc) is 2.91. The van der Waals surface area contributed by atoms with Gasteiger partial charge in [0.25, 0.3) is 0 Å². The van der Waals surface area contributed by atoms with Gasteiger partial charge in [0, 0.05) is 31.6 Å². The van der Waals surface area contributed by atoms with Gasteiger partial charge in [0.15, 0.2) is 0 Å². The lowest BCUT2D eigenvalue weighted by Gasteiger charge is -2.32. The Morgan fingerprint density at radius 1 is 1.14 bits per heavy atom. The molecule has 0 bridgehead atoms. The minimum Gasteiger partial charge on any atom is -0.378 e. The molecule has 3 amide bonds. The molecule has 204 valence electrons. The molecule has 1 aliphatic carbocycles. The minimum absolute atomic E-state index is 0.0315. The van der Waals surface area contributed by atoms with Crippen LogP contribution >= 0.6 is 0 Å². The zero-order valence-corrected chi connectivity index (χ0v) is 22.9. The number of hydrogen-bond acceptors (Lipinski definition) is 5. The van der Waals surface area contributed by atoms with Crippen molar-refractivity contribution in [1.29, 1.82) is 5.26 Å². The van der Waals surface area contributed by atoms with Gasteiger partial charge in [-0.2, -0.15) is 5.26 Å². The molecule has 3 rings (SSSR count). The number of carbonyl (C=O) groups excluding carboxylic acids is 2. The van der Waals surface area contributed by atoms with Crippen LogP contribution in [-0.2, 0) is 14.9 Å². The number of morpholine rings is 1. The van der Waals surface area contributed by atoms with Crippen molar-refractivity contribution in [1.82, 2.24) is 20.4 Å². The maximum Gasteiger partial charge on any atom is 0.318 e. The van der Waals surface area contributed by atoms with Crippen LogP contribution in [0.4, 0.5) is 4.79 Å². The lowest BCUT2D eigenvalue weighted by molar-refractivity contribution is -0.124. The predicted molar refractivity (Wildman–Crippen MR) is 145 cm³/mol. The maximum atomic E-state index is 13.3. The highest BCUT2D eigenvalue weighted by Crippen LogP contribution is 2.28. The molecule has 1 aliphatic heterocycles. The van der Waals surface area contributed by atoms with E-state index >= 15 is 0 Å². The molecule has 0 radical (unpaired) electrons. The molecule has 8 nitrogen and oxygen atoms in total. The van der Waals surface area contributed by atoms with Gasteiger partial charge in [0.05, 0.1) is 19.3 Å². The number of nitrogens with zero attached hydrogens (tertiary/aromatic N) is 3. The van der Waals surface area contributed by atoms with Gasteiger partial charge in [-0.05, 0) is 31.4 Å². The molecule has 0 spiro atoms. The molecule has 1 aromatic carbocycles. The van der Waals surface area contributed by atoms with Crippen molar-refractivity contribution in [2.75, 3.05) is 46.4 Å². The number of nitriles is 1.